The minimum absolute atomic E-state index is 0.0310. The molecule has 0 saturated heterocycles. The molecular formula is C20H44NO7S-. The van der Waals surface area contributed by atoms with Crippen molar-refractivity contribution in [2.45, 2.75) is 84.0 Å². The lowest BCUT2D eigenvalue weighted by Gasteiger charge is -2.17. The Bertz CT molecular complexity index is 393. The van der Waals surface area contributed by atoms with Gasteiger partial charge in [-0.3, -0.25) is 9.08 Å². The molecule has 0 aromatic heterocycles. The predicted octanol–water partition coefficient (Wildman–Crippen LogP) is 2.43. The number of hydrogen-bond donors (Lipinski definition) is 3. The van der Waals surface area contributed by atoms with Crippen LogP contribution >= 0.6 is 0 Å². The smallest absolute Gasteiger partial charge is 0.217 e. The monoisotopic (exact) mass is 442 g/mol. The minimum Gasteiger partial charge on any atom is -0.726 e. The quantitative estimate of drug-likeness (QED) is 0.149. The second-order valence-corrected chi connectivity index (χ2v) is 8.18. The molecule has 0 radical (unpaired) electrons. The largest absolute Gasteiger partial charge is 0.726 e. The normalized spacial score (nSPS) is 11.5. The SMILES string of the molecule is CCCCCCCCCCCCCCOS(=O)(=O)[O-].OCCN(CCO)CCO. The van der Waals surface area contributed by atoms with E-state index >= 15 is 0 Å². The lowest BCUT2D eigenvalue weighted by atomic mass is 10.1. The molecule has 0 aromatic rings. The highest BCUT2D eigenvalue weighted by Crippen LogP contribution is 2.11. The molecule has 0 bridgehead atoms. The Labute approximate surface area is 178 Å². The van der Waals surface area contributed by atoms with Crippen LogP contribution in [-0.4, -0.2) is 79.3 Å². The fraction of sp³-hybridized carbons (Fsp3) is 1.00. The molecule has 0 heterocycles. The fourth-order valence-corrected chi connectivity index (χ4v) is 3.19. The van der Waals surface area contributed by atoms with Gasteiger partial charge in [0, 0.05) is 19.6 Å². The first-order valence-corrected chi connectivity index (χ1v) is 12.4. The molecule has 0 atom stereocenters. The van der Waals surface area contributed by atoms with Crippen molar-refractivity contribution in [1.29, 1.82) is 0 Å². The number of hydrogen-bond acceptors (Lipinski definition) is 8. The number of aliphatic hydroxyl groups excluding tert-OH is 3. The summed E-state index contributed by atoms with van der Waals surface area (Å²) >= 11 is 0. The van der Waals surface area contributed by atoms with Crippen LogP contribution in [0.25, 0.3) is 0 Å². The molecule has 9 heteroatoms. The lowest BCUT2D eigenvalue weighted by molar-refractivity contribution is 0.136. The zero-order valence-electron chi connectivity index (χ0n) is 18.3. The van der Waals surface area contributed by atoms with E-state index in [1.54, 1.807) is 4.90 Å². The summed E-state index contributed by atoms with van der Waals surface area (Å²) in [6.45, 7) is 4.02. The van der Waals surface area contributed by atoms with Crippen LogP contribution in [0.3, 0.4) is 0 Å². The summed E-state index contributed by atoms with van der Waals surface area (Å²) in [5.74, 6) is 0. The van der Waals surface area contributed by atoms with Crippen molar-refractivity contribution in [3.63, 3.8) is 0 Å². The van der Waals surface area contributed by atoms with Gasteiger partial charge in [0.1, 0.15) is 0 Å². The van der Waals surface area contributed by atoms with Gasteiger partial charge in [-0.15, -0.1) is 0 Å². The summed E-state index contributed by atoms with van der Waals surface area (Å²) in [6.07, 6.45) is 14.5. The molecular weight excluding hydrogens is 398 g/mol. The molecule has 8 nitrogen and oxygen atoms in total. The van der Waals surface area contributed by atoms with Crippen molar-refractivity contribution in [3.8, 4) is 0 Å². The maximum absolute atomic E-state index is 10.2. The zero-order chi connectivity index (χ0) is 22.2. The van der Waals surface area contributed by atoms with E-state index < -0.39 is 10.4 Å². The van der Waals surface area contributed by atoms with Gasteiger partial charge in [0.05, 0.1) is 26.4 Å². The van der Waals surface area contributed by atoms with E-state index in [0.29, 0.717) is 26.1 Å². The lowest BCUT2D eigenvalue weighted by Crippen LogP contribution is -2.32. The van der Waals surface area contributed by atoms with Crippen LogP contribution in [0.15, 0.2) is 0 Å². The highest BCUT2D eigenvalue weighted by Gasteiger charge is 2.00. The first-order chi connectivity index (χ1) is 13.9. The van der Waals surface area contributed by atoms with E-state index in [-0.39, 0.29) is 26.4 Å². The van der Waals surface area contributed by atoms with Crippen LogP contribution in [0.1, 0.15) is 84.0 Å². The third-order valence-electron chi connectivity index (χ3n) is 4.47. The van der Waals surface area contributed by atoms with E-state index in [0.717, 1.165) is 12.8 Å². The number of rotatable bonds is 20. The van der Waals surface area contributed by atoms with Crippen LogP contribution in [0.4, 0.5) is 0 Å². The molecule has 0 saturated carbocycles. The summed E-state index contributed by atoms with van der Waals surface area (Å²) < 4.78 is 34.6. The van der Waals surface area contributed by atoms with Crippen molar-refractivity contribution < 1.29 is 32.5 Å². The molecule has 0 aliphatic carbocycles. The van der Waals surface area contributed by atoms with Crippen LogP contribution in [0, 0.1) is 0 Å². The molecule has 178 valence electrons. The van der Waals surface area contributed by atoms with E-state index in [1.165, 1.54) is 57.8 Å². The Morgan fingerprint density at radius 2 is 1.03 bits per heavy atom. The first kappa shape index (κ1) is 30.9. The van der Waals surface area contributed by atoms with Crippen molar-refractivity contribution in [2.24, 2.45) is 0 Å². The molecule has 0 rings (SSSR count). The second kappa shape index (κ2) is 24.0. The molecule has 29 heavy (non-hydrogen) atoms. The standard InChI is InChI=1S/C14H30O4S.C6H15NO3/c1-2-3-4-5-6-7-8-9-10-11-12-13-14-18-19(15,16)17;8-4-1-7(2-5-9)3-6-10/h2-14H2,1H3,(H,15,16,17);8-10H,1-6H2/p-1. The molecule has 0 aliphatic rings. The van der Waals surface area contributed by atoms with Gasteiger partial charge in [-0.25, -0.2) is 8.42 Å². The van der Waals surface area contributed by atoms with Crippen LogP contribution in [0.2, 0.25) is 0 Å². The molecule has 0 aromatic carbocycles. The average molecular weight is 443 g/mol. The summed E-state index contributed by atoms with van der Waals surface area (Å²) in [4.78, 5) is 1.79. The Hall–Kier alpha value is -0.290. The predicted molar refractivity (Wildman–Crippen MR) is 114 cm³/mol. The van der Waals surface area contributed by atoms with Crippen LogP contribution < -0.4 is 0 Å². The van der Waals surface area contributed by atoms with Gasteiger partial charge < -0.3 is 19.9 Å². The van der Waals surface area contributed by atoms with E-state index in [2.05, 4.69) is 11.1 Å². The highest BCUT2D eigenvalue weighted by molar-refractivity contribution is 7.80. The van der Waals surface area contributed by atoms with Gasteiger partial charge in [0.2, 0.25) is 10.4 Å². The average Bonchev–Trinajstić information content (AvgIpc) is 2.66. The second-order valence-electron chi connectivity index (χ2n) is 7.13. The first-order valence-electron chi connectivity index (χ1n) is 11.1. The van der Waals surface area contributed by atoms with Gasteiger partial charge in [0.25, 0.3) is 0 Å². The van der Waals surface area contributed by atoms with Gasteiger partial charge in [-0.2, -0.15) is 0 Å². The Morgan fingerprint density at radius 1 is 0.690 bits per heavy atom. The maximum Gasteiger partial charge on any atom is 0.217 e. The summed E-state index contributed by atoms with van der Waals surface area (Å²) in [7, 11) is -4.49. The number of unbranched alkanes of at least 4 members (excludes halogenated alkanes) is 11. The summed E-state index contributed by atoms with van der Waals surface area (Å²) in [6, 6.07) is 0. The Morgan fingerprint density at radius 3 is 1.34 bits per heavy atom. The van der Waals surface area contributed by atoms with Gasteiger partial charge in [0.15, 0.2) is 0 Å². The number of aliphatic hydroxyl groups is 3. The molecule has 0 unspecified atom stereocenters. The summed E-state index contributed by atoms with van der Waals surface area (Å²) in [5, 5.41) is 25.5. The van der Waals surface area contributed by atoms with Crippen molar-refractivity contribution >= 4 is 10.4 Å². The topological polar surface area (TPSA) is 130 Å². The van der Waals surface area contributed by atoms with E-state index in [1.807, 2.05) is 0 Å². The van der Waals surface area contributed by atoms with Crippen molar-refractivity contribution in [3.05, 3.63) is 0 Å². The third kappa shape index (κ3) is 30.0. The Balaban J connectivity index is 0. The maximum atomic E-state index is 10.2. The van der Waals surface area contributed by atoms with Crippen LogP contribution in [0.5, 0.6) is 0 Å². The van der Waals surface area contributed by atoms with Gasteiger partial charge >= 0.3 is 0 Å². The third-order valence-corrected chi connectivity index (χ3v) is 4.93. The van der Waals surface area contributed by atoms with E-state index in [9.17, 15) is 13.0 Å². The molecule has 0 amide bonds. The highest BCUT2D eigenvalue weighted by atomic mass is 32.3. The van der Waals surface area contributed by atoms with Crippen molar-refractivity contribution in [2.75, 3.05) is 46.1 Å². The molecule has 3 N–H and O–H groups in total. The molecule has 0 spiro atoms. The van der Waals surface area contributed by atoms with Crippen molar-refractivity contribution in [1.82, 2.24) is 4.90 Å². The van der Waals surface area contributed by atoms with Gasteiger partial charge in [-0.1, -0.05) is 77.6 Å². The van der Waals surface area contributed by atoms with E-state index in [4.69, 9.17) is 15.3 Å². The minimum atomic E-state index is -4.49. The molecule has 0 fully saturated rings. The van der Waals surface area contributed by atoms with Crippen LogP contribution in [-0.2, 0) is 14.6 Å². The molecule has 0 aliphatic heterocycles. The zero-order valence-corrected chi connectivity index (χ0v) is 19.1. The fourth-order valence-electron chi connectivity index (χ4n) is 2.86. The van der Waals surface area contributed by atoms with Gasteiger partial charge in [-0.05, 0) is 6.42 Å². The summed E-state index contributed by atoms with van der Waals surface area (Å²) in [5.41, 5.74) is 0. The Kier molecular flexibility index (Phi) is 25.6. The number of nitrogens with zero attached hydrogens (tertiary/aromatic N) is 1.